The minimum absolute atomic E-state index is 0.0298. The van der Waals surface area contributed by atoms with Crippen LogP contribution in [-0.4, -0.2) is 45.7 Å². The Morgan fingerprint density at radius 2 is 2.13 bits per heavy atom. The van der Waals surface area contributed by atoms with Crippen LogP contribution in [0.3, 0.4) is 0 Å². The molecule has 4 rings (SSSR count). The number of carbonyl (C=O) groups is 2. The second-order valence-corrected chi connectivity index (χ2v) is 8.90. The van der Waals surface area contributed by atoms with Gasteiger partial charge >= 0.3 is 5.56 Å². The number of nitrogens with zero attached hydrogens (tertiary/aromatic N) is 2. The first kappa shape index (κ1) is 20.3. The SMILES string of the molecule is CC(C)NC(=O)c1sc2ccccc2c1CC1CCCCN1C(=O)c1no[nH]c1=O. The number of H-pyrrole nitrogens is 1. The van der Waals surface area contributed by atoms with E-state index < -0.39 is 11.5 Å². The first-order valence-electron chi connectivity index (χ1n) is 10.1. The number of fused-ring (bicyclic) bond motifs is 1. The van der Waals surface area contributed by atoms with E-state index in [1.54, 1.807) is 4.90 Å². The van der Waals surface area contributed by atoms with Crippen LogP contribution in [0.4, 0.5) is 0 Å². The molecule has 0 radical (unpaired) electrons. The van der Waals surface area contributed by atoms with E-state index in [4.69, 9.17) is 0 Å². The quantitative estimate of drug-likeness (QED) is 0.650. The number of hydrogen-bond donors (Lipinski definition) is 2. The summed E-state index contributed by atoms with van der Waals surface area (Å²) in [5, 5.41) is 9.65. The van der Waals surface area contributed by atoms with E-state index in [0.29, 0.717) is 17.8 Å². The molecule has 2 amide bonds. The van der Waals surface area contributed by atoms with Gasteiger partial charge in [0, 0.05) is 23.3 Å². The van der Waals surface area contributed by atoms with Crippen molar-refractivity contribution in [1.82, 2.24) is 20.5 Å². The molecule has 3 aromatic rings. The Morgan fingerprint density at radius 1 is 1.33 bits per heavy atom. The zero-order valence-electron chi connectivity index (χ0n) is 16.9. The molecule has 8 nitrogen and oxygen atoms in total. The van der Waals surface area contributed by atoms with Crippen molar-refractivity contribution in [3.63, 3.8) is 0 Å². The predicted molar refractivity (Wildman–Crippen MR) is 114 cm³/mol. The largest absolute Gasteiger partial charge is 0.349 e. The summed E-state index contributed by atoms with van der Waals surface area (Å²) < 4.78 is 5.60. The van der Waals surface area contributed by atoms with Crippen molar-refractivity contribution >= 4 is 33.2 Å². The number of aromatic nitrogens is 2. The number of benzene rings is 1. The number of thiophene rings is 1. The third kappa shape index (κ3) is 3.89. The minimum Gasteiger partial charge on any atom is -0.349 e. The van der Waals surface area contributed by atoms with E-state index >= 15 is 0 Å². The molecule has 0 aliphatic carbocycles. The minimum atomic E-state index is -0.623. The molecule has 3 heterocycles. The molecule has 158 valence electrons. The van der Waals surface area contributed by atoms with Crippen LogP contribution in [0.5, 0.6) is 0 Å². The van der Waals surface area contributed by atoms with Gasteiger partial charge in [-0.2, -0.15) is 5.16 Å². The number of aromatic amines is 1. The third-order valence-corrected chi connectivity index (χ3v) is 6.56. The van der Waals surface area contributed by atoms with Crippen molar-refractivity contribution in [2.75, 3.05) is 6.54 Å². The van der Waals surface area contributed by atoms with Gasteiger partial charge in [-0.05, 0) is 61.7 Å². The van der Waals surface area contributed by atoms with Crippen LogP contribution in [0.1, 0.15) is 58.8 Å². The van der Waals surface area contributed by atoms with Crippen LogP contribution in [-0.2, 0) is 6.42 Å². The van der Waals surface area contributed by atoms with Crippen molar-refractivity contribution in [1.29, 1.82) is 0 Å². The van der Waals surface area contributed by atoms with Gasteiger partial charge in [0.2, 0.25) is 5.69 Å². The van der Waals surface area contributed by atoms with Crippen LogP contribution in [0.15, 0.2) is 33.7 Å². The van der Waals surface area contributed by atoms with Crippen molar-refractivity contribution < 1.29 is 14.2 Å². The normalized spacial score (nSPS) is 16.9. The molecule has 1 aliphatic rings. The first-order valence-corrected chi connectivity index (χ1v) is 10.9. The summed E-state index contributed by atoms with van der Waals surface area (Å²) in [5.74, 6) is -0.523. The maximum absolute atomic E-state index is 13.0. The van der Waals surface area contributed by atoms with Crippen LogP contribution in [0.2, 0.25) is 0 Å². The molecular formula is C21H24N4O4S. The highest BCUT2D eigenvalue weighted by molar-refractivity contribution is 7.21. The summed E-state index contributed by atoms with van der Waals surface area (Å²) in [6.45, 7) is 4.41. The van der Waals surface area contributed by atoms with Gasteiger partial charge in [0.25, 0.3) is 11.8 Å². The number of amides is 2. The maximum Gasteiger partial charge on any atom is 0.313 e. The Balaban J connectivity index is 1.69. The molecule has 30 heavy (non-hydrogen) atoms. The molecule has 1 aliphatic heterocycles. The van der Waals surface area contributed by atoms with E-state index in [0.717, 1.165) is 34.9 Å². The van der Waals surface area contributed by atoms with Gasteiger partial charge in [0.1, 0.15) is 0 Å². The lowest BCUT2D eigenvalue weighted by atomic mass is 9.93. The smallest absolute Gasteiger partial charge is 0.313 e. The van der Waals surface area contributed by atoms with Crippen LogP contribution >= 0.6 is 11.3 Å². The van der Waals surface area contributed by atoms with Gasteiger partial charge in [0.15, 0.2) is 0 Å². The van der Waals surface area contributed by atoms with Crippen molar-refractivity contribution in [2.24, 2.45) is 0 Å². The fraction of sp³-hybridized carbons (Fsp3) is 0.429. The van der Waals surface area contributed by atoms with Gasteiger partial charge in [0.05, 0.1) is 4.88 Å². The number of likely N-dealkylation sites (tertiary alicyclic amines) is 1. The summed E-state index contributed by atoms with van der Waals surface area (Å²) in [7, 11) is 0. The Labute approximate surface area is 177 Å². The molecular weight excluding hydrogens is 404 g/mol. The molecule has 2 aromatic heterocycles. The van der Waals surface area contributed by atoms with Gasteiger partial charge in [-0.15, -0.1) is 11.3 Å². The van der Waals surface area contributed by atoms with Crippen molar-refractivity contribution in [2.45, 2.75) is 51.6 Å². The standard InChI is InChI=1S/C21H24N4O4S/c1-12(2)22-20(27)18-15(14-8-3-4-9-16(14)30-18)11-13-7-5-6-10-25(13)21(28)17-19(26)24-29-23-17/h3-4,8-9,12-13H,5-7,10-11H2,1-2H3,(H,22,27)(H,24,26). The monoisotopic (exact) mass is 428 g/mol. The molecule has 2 N–H and O–H groups in total. The molecule has 0 saturated carbocycles. The fourth-order valence-electron chi connectivity index (χ4n) is 4.00. The predicted octanol–water partition coefficient (Wildman–Crippen LogP) is 2.95. The molecule has 1 saturated heterocycles. The Bertz CT molecular complexity index is 1130. The average Bonchev–Trinajstić information content (AvgIpc) is 3.31. The molecule has 1 unspecified atom stereocenters. The van der Waals surface area contributed by atoms with Crippen LogP contribution in [0, 0.1) is 0 Å². The zero-order valence-corrected chi connectivity index (χ0v) is 17.8. The van der Waals surface area contributed by atoms with E-state index in [-0.39, 0.29) is 23.7 Å². The van der Waals surface area contributed by atoms with E-state index in [9.17, 15) is 14.4 Å². The molecule has 9 heteroatoms. The number of carbonyl (C=O) groups excluding carboxylic acids is 2. The first-order chi connectivity index (χ1) is 14.5. The lowest BCUT2D eigenvalue weighted by Gasteiger charge is -2.35. The number of piperidine rings is 1. The highest BCUT2D eigenvalue weighted by Crippen LogP contribution is 2.34. The van der Waals surface area contributed by atoms with Gasteiger partial charge in [-0.25, -0.2) is 0 Å². The number of hydrogen-bond acceptors (Lipinski definition) is 6. The third-order valence-electron chi connectivity index (χ3n) is 5.34. The second-order valence-electron chi connectivity index (χ2n) is 7.85. The Hall–Kier alpha value is -2.94. The van der Waals surface area contributed by atoms with E-state index in [1.807, 2.05) is 38.1 Å². The summed E-state index contributed by atoms with van der Waals surface area (Å²) in [6, 6.07) is 7.86. The molecule has 1 fully saturated rings. The summed E-state index contributed by atoms with van der Waals surface area (Å²) in [5.41, 5.74) is 0.102. The second kappa shape index (κ2) is 8.43. The molecule has 1 aromatic carbocycles. The Kier molecular flexibility index (Phi) is 5.72. The molecule has 1 atom stereocenters. The summed E-state index contributed by atoms with van der Waals surface area (Å²) in [6.07, 6.45) is 3.20. The highest BCUT2D eigenvalue weighted by Gasteiger charge is 2.32. The topological polar surface area (TPSA) is 108 Å². The zero-order chi connectivity index (χ0) is 21.3. The van der Waals surface area contributed by atoms with Gasteiger partial charge in [-0.3, -0.25) is 19.0 Å². The Morgan fingerprint density at radius 3 is 2.87 bits per heavy atom. The van der Waals surface area contributed by atoms with Gasteiger partial charge in [-0.1, -0.05) is 18.2 Å². The maximum atomic E-state index is 13.0. The van der Waals surface area contributed by atoms with Crippen molar-refractivity contribution in [3.05, 3.63) is 50.8 Å². The molecule has 0 spiro atoms. The van der Waals surface area contributed by atoms with E-state index in [2.05, 4.69) is 20.3 Å². The molecule has 0 bridgehead atoms. The summed E-state index contributed by atoms with van der Waals surface area (Å²) >= 11 is 1.47. The fourth-order valence-corrected chi connectivity index (χ4v) is 5.14. The number of rotatable bonds is 5. The van der Waals surface area contributed by atoms with Crippen LogP contribution < -0.4 is 10.9 Å². The van der Waals surface area contributed by atoms with Gasteiger partial charge < -0.3 is 10.2 Å². The number of nitrogens with one attached hydrogen (secondary N) is 2. The lowest BCUT2D eigenvalue weighted by Crippen LogP contribution is -2.46. The van der Waals surface area contributed by atoms with Crippen LogP contribution in [0.25, 0.3) is 10.1 Å². The summed E-state index contributed by atoms with van der Waals surface area (Å²) in [4.78, 5) is 40.1. The average molecular weight is 429 g/mol. The van der Waals surface area contributed by atoms with E-state index in [1.165, 1.54) is 11.3 Å². The highest BCUT2D eigenvalue weighted by atomic mass is 32.1. The van der Waals surface area contributed by atoms with Crippen molar-refractivity contribution in [3.8, 4) is 0 Å². The lowest BCUT2D eigenvalue weighted by molar-refractivity contribution is 0.0601.